The van der Waals surface area contributed by atoms with Gasteiger partial charge < -0.3 is 0 Å². The third-order valence-electron chi connectivity index (χ3n) is 5.30. The van der Waals surface area contributed by atoms with Gasteiger partial charge in [-0.05, 0) is 68.1 Å². The van der Waals surface area contributed by atoms with Crippen LogP contribution in [0.3, 0.4) is 0 Å². The van der Waals surface area contributed by atoms with Gasteiger partial charge in [0.05, 0.1) is 0 Å². The standard InChI is InChI=1S/C18H22F2O/c19-15-9-14(10-16(20)11-15)12-5-7-13(8-6-12)17-3-1-2-4-18(17)21/h9-13,17H,1-8H2. The lowest BCUT2D eigenvalue weighted by Gasteiger charge is -2.35. The van der Waals surface area contributed by atoms with Gasteiger partial charge in [-0.1, -0.05) is 6.42 Å². The van der Waals surface area contributed by atoms with Crippen LogP contribution >= 0.6 is 0 Å². The number of Topliss-reactive ketones (excluding diaryl/α,β-unsaturated/α-hetero) is 1. The van der Waals surface area contributed by atoms with Gasteiger partial charge in [0, 0.05) is 18.4 Å². The summed E-state index contributed by atoms with van der Waals surface area (Å²) in [7, 11) is 0. The van der Waals surface area contributed by atoms with Crippen molar-refractivity contribution in [3.8, 4) is 0 Å². The summed E-state index contributed by atoms with van der Waals surface area (Å²) >= 11 is 0. The SMILES string of the molecule is O=C1CCCCC1C1CCC(c2cc(F)cc(F)c2)CC1. The summed E-state index contributed by atoms with van der Waals surface area (Å²) in [5.41, 5.74) is 0.779. The monoisotopic (exact) mass is 292 g/mol. The van der Waals surface area contributed by atoms with Gasteiger partial charge in [0.2, 0.25) is 0 Å². The zero-order valence-corrected chi connectivity index (χ0v) is 12.3. The van der Waals surface area contributed by atoms with E-state index in [0.29, 0.717) is 11.7 Å². The number of hydrogen-bond donors (Lipinski definition) is 0. The van der Waals surface area contributed by atoms with Gasteiger partial charge in [-0.2, -0.15) is 0 Å². The quantitative estimate of drug-likeness (QED) is 0.750. The van der Waals surface area contributed by atoms with Crippen LogP contribution in [0, 0.1) is 23.5 Å². The Bertz CT molecular complexity index is 498. The largest absolute Gasteiger partial charge is 0.299 e. The van der Waals surface area contributed by atoms with E-state index in [4.69, 9.17) is 0 Å². The van der Waals surface area contributed by atoms with Crippen molar-refractivity contribution in [3.63, 3.8) is 0 Å². The van der Waals surface area contributed by atoms with Crippen molar-refractivity contribution in [2.75, 3.05) is 0 Å². The minimum atomic E-state index is -0.491. The Morgan fingerprint density at radius 2 is 1.52 bits per heavy atom. The lowest BCUT2D eigenvalue weighted by Crippen LogP contribution is -2.29. The van der Waals surface area contributed by atoms with Gasteiger partial charge in [0.15, 0.2) is 0 Å². The molecule has 2 aliphatic rings. The van der Waals surface area contributed by atoms with Gasteiger partial charge in [-0.3, -0.25) is 4.79 Å². The number of rotatable bonds is 2. The van der Waals surface area contributed by atoms with Crippen LogP contribution in [0.15, 0.2) is 18.2 Å². The molecule has 0 amide bonds. The summed E-state index contributed by atoms with van der Waals surface area (Å²) < 4.78 is 26.6. The summed E-state index contributed by atoms with van der Waals surface area (Å²) in [5.74, 6) is 0.451. The maximum Gasteiger partial charge on any atom is 0.136 e. The predicted molar refractivity (Wildman–Crippen MR) is 78.0 cm³/mol. The molecule has 114 valence electrons. The van der Waals surface area contributed by atoms with Gasteiger partial charge in [-0.15, -0.1) is 0 Å². The molecule has 0 aromatic heterocycles. The second-order valence-electron chi connectivity index (χ2n) is 6.63. The minimum Gasteiger partial charge on any atom is -0.299 e. The summed E-state index contributed by atoms with van der Waals surface area (Å²) in [4.78, 5) is 12.0. The van der Waals surface area contributed by atoms with Crippen molar-refractivity contribution in [1.29, 1.82) is 0 Å². The molecule has 3 rings (SSSR count). The Morgan fingerprint density at radius 1 is 0.857 bits per heavy atom. The first kappa shape index (κ1) is 14.7. The molecular formula is C18H22F2O. The number of halogens is 2. The van der Waals surface area contributed by atoms with E-state index in [2.05, 4.69) is 0 Å². The molecule has 0 bridgehead atoms. The van der Waals surface area contributed by atoms with Crippen LogP contribution in [0.5, 0.6) is 0 Å². The van der Waals surface area contributed by atoms with Crippen molar-refractivity contribution in [3.05, 3.63) is 35.4 Å². The number of carbonyl (C=O) groups excluding carboxylic acids is 1. The molecule has 1 atom stereocenters. The first-order valence-electron chi connectivity index (χ1n) is 8.12. The molecular weight excluding hydrogens is 270 g/mol. The van der Waals surface area contributed by atoms with Crippen LogP contribution in [0.4, 0.5) is 8.78 Å². The van der Waals surface area contributed by atoms with Gasteiger partial charge in [0.25, 0.3) is 0 Å². The molecule has 1 aromatic rings. The molecule has 0 spiro atoms. The van der Waals surface area contributed by atoms with E-state index >= 15 is 0 Å². The summed E-state index contributed by atoms with van der Waals surface area (Å²) in [6.45, 7) is 0. The van der Waals surface area contributed by atoms with E-state index in [1.807, 2.05) is 0 Å². The zero-order valence-electron chi connectivity index (χ0n) is 12.3. The highest BCUT2D eigenvalue weighted by atomic mass is 19.1. The van der Waals surface area contributed by atoms with E-state index in [0.717, 1.165) is 56.6 Å². The van der Waals surface area contributed by atoms with E-state index in [1.54, 1.807) is 0 Å². The van der Waals surface area contributed by atoms with Crippen LogP contribution in [0.25, 0.3) is 0 Å². The highest BCUT2D eigenvalue weighted by molar-refractivity contribution is 5.81. The average molecular weight is 292 g/mol. The Balaban J connectivity index is 1.63. The lowest BCUT2D eigenvalue weighted by atomic mass is 9.69. The van der Waals surface area contributed by atoms with Crippen molar-refractivity contribution >= 4 is 5.78 Å². The average Bonchev–Trinajstić information content (AvgIpc) is 2.47. The summed E-state index contributed by atoms with van der Waals surface area (Å²) in [6.07, 6.45) is 7.92. The minimum absolute atomic E-state index is 0.241. The van der Waals surface area contributed by atoms with Crippen molar-refractivity contribution in [2.45, 2.75) is 57.3 Å². The highest BCUT2D eigenvalue weighted by Gasteiger charge is 2.33. The van der Waals surface area contributed by atoms with Gasteiger partial charge >= 0.3 is 0 Å². The Kier molecular flexibility index (Phi) is 4.37. The number of carbonyl (C=O) groups is 1. The molecule has 0 saturated heterocycles. The fourth-order valence-corrected chi connectivity index (χ4v) is 4.17. The highest BCUT2D eigenvalue weighted by Crippen LogP contribution is 2.42. The molecule has 0 radical (unpaired) electrons. The zero-order chi connectivity index (χ0) is 14.8. The predicted octanol–water partition coefficient (Wildman–Crippen LogP) is 5.00. The second kappa shape index (κ2) is 6.25. The first-order chi connectivity index (χ1) is 10.1. The van der Waals surface area contributed by atoms with Crippen LogP contribution in [0.1, 0.15) is 62.8 Å². The topological polar surface area (TPSA) is 17.1 Å². The van der Waals surface area contributed by atoms with Crippen molar-refractivity contribution < 1.29 is 13.6 Å². The molecule has 2 saturated carbocycles. The van der Waals surface area contributed by atoms with Crippen LogP contribution in [-0.4, -0.2) is 5.78 Å². The first-order valence-corrected chi connectivity index (χ1v) is 8.12. The molecule has 2 aliphatic carbocycles. The fourth-order valence-electron chi connectivity index (χ4n) is 4.17. The van der Waals surface area contributed by atoms with Crippen molar-refractivity contribution in [1.82, 2.24) is 0 Å². The summed E-state index contributed by atoms with van der Waals surface area (Å²) in [5, 5.41) is 0. The Morgan fingerprint density at radius 3 is 2.14 bits per heavy atom. The molecule has 0 N–H and O–H groups in total. The van der Waals surface area contributed by atoms with E-state index < -0.39 is 11.6 Å². The Hall–Kier alpha value is -1.25. The molecule has 3 heteroatoms. The van der Waals surface area contributed by atoms with E-state index in [1.165, 1.54) is 18.6 Å². The summed E-state index contributed by atoms with van der Waals surface area (Å²) in [6, 6.07) is 3.84. The number of hydrogen-bond acceptors (Lipinski definition) is 1. The molecule has 2 fully saturated rings. The third-order valence-corrected chi connectivity index (χ3v) is 5.30. The second-order valence-corrected chi connectivity index (χ2v) is 6.63. The molecule has 0 heterocycles. The van der Waals surface area contributed by atoms with Crippen LogP contribution < -0.4 is 0 Å². The smallest absolute Gasteiger partial charge is 0.136 e. The van der Waals surface area contributed by atoms with Gasteiger partial charge in [0.1, 0.15) is 17.4 Å². The van der Waals surface area contributed by atoms with Crippen LogP contribution in [0.2, 0.25) is 0 Å². The maximum atomic E-state index is 13.3. The van der Waals surface area contributed by atoms with E-state index in [9.17, 15) is 13.6 Å². The van der Waals surface area contributed by atoms with E-state index in [-0.39, 0.29) is 11.8 Å². The maximum absolute atomic E-state index is 13.3. The Labute approximate surface area is 124 Å². The number of benzene rings is 1. The normalized spacial score (nSPS) is 30.4. The lowest BCUT2D eigenvalue weighted by molar-refractivity contribution is -0.126. The van der Waals surface area contributed by atoms with Crippen molar-refractivity contribution in [2.24, 2.45) is 11.8 Å². The molecule has 21 heavy (non-hydrogen) atoms. The van der Waals surface area contributed by atoms with Gasteiger partial charge in [-0.25, -0.2) is 8.78 Å². The number of ketones is 1. The molecule has 1 unspecified atom stereocenters. The fraction of sp³-hybridized carbons (Fsp3) is 0.611. The molecule has 1 aromatic carbocycles. The van der Waals surface area contributed by atoms with Crippen LogP contribution in [-0.2, 0) is 4.79 Å². The third kappa shape index (κ3) is 3.33. The molecule has 1 nitrogen and oxygen atoms in total. The molecule has 0 aliphatic heterocycles.